The van der Waals surface area contributed by atoms with Crippen LogP contribution in [0.5, 0.6) is 0 Å². The predicted molar refractivity (Wildman–Crippen MR) is 38.0 cm³/mol. The standard InChI is InChI=1S/C7H14O4/c1-4-7(10-2)5(8)3-6(9)11-4/h4-9H,3H2,1-2H3/t4-,5-,6+,7-/m0/s1. The van der Waals surface area contributed by atoms with E-state index in [9.17, 15) is 5.11 Å². The van der Waals surface area contributed by atoms with Crippen molar-refractivity contribution in [1.29, 1.82) is 0 Å². The summed E-state index contributed by atoms with van der Waals surface area (Å²) in [5.74, 6) is 0. The zero-order valence-electron chi connectivity index (χ0n) is 6.73. The molecule has 0 aliphatic carbocycles. The molecule has 2 N–H and O–H groups in total. The molecular weight excluding hydrogens is 148 g/mol. The quantitative estimate of drug-likeness (QED) is 0.545. The van der Waals surface area contributed by atoms with E-state index >= 15 is 0 Å². The summed E-state index contributed by atoms with van der Waals surface area (Å²) in [6.07, 6.45) is -1.83. The second kappa shape index (κ2) is 3.49. The van der Waals surface area contributed by atoms with Crippen molar-refractivity contribution in [3.8, 4) is 0 Å². The number of aliphatic hydroxyl groups is 2. The van der Waals surface area contributed by atoms with Crippen LogP contribution in [0.25, 0.3) is 0 Å². The van der Waals surface area contributed by atoms with Crippen LogP contribution in [-0.4, -0.2) is 41.9 Å². The summed E-state index contributed by atoms with van der Waals surface area (Å²) in [7, 11) is 1.52. The summed E-state index contributed by atoms with van der Waals surface area (Å²) < 4.78 is 10.0. The highest BCUT2D eigenvalue weighted by Gasteiger charge is 2.34. The molecule has 0 unspecified atom stereocenters. The molecule has 0 aromatic rings. The Morgan fingerprint density at radius 2 is 2.09 bits per heavy atom. The van der Waals surface area contributed by atoms with E-state index in [0.717, 1.165) is 0 Å². The monoisotopic (exact) mass is 162 g/mol. The van der Waals surface area contributed by atoms with Crippen LogP contribution >= 0.6 is 0 Å². The molecule has 1 heterocycles. The Bertz CT molecular complexity index is 116. The second-order valence-electron chi connectivity index (χ2n) is 2.80. The Labute approximate surface area is 65.7 Å². The maximum absolute atomic E-state index is 9.34. The molecule has 1 saturated heterocycles. The summed E-state index contributed by atoms with van der Waals surface area (Å²) in [6.45, 7) is 1.76. The van der Waals surface area contributed by atoms with Gasteiger partial charge in [0.15, 0.2) is 6.29 Å². The van der Waals surface area contributed by atoms with E-state index in [1.54, 1.807) is 6.92 Å². The first-order valence-corrected chi connectivity index (χ1v) is 3.69. The van der Waals surface area contributed by atoms with Crippen molar-refractivity contribution in [3.05, 3.63) is 0 Å². The molecule has 66 valence electrons. The molecule has 4 heteroatoms. The lowest BCUT2D eigenvalue weighted by Crippen LogP contribution is -2.47. The van der Waals surface area contributed by atoms with Crippen molar-refractivity contribution >= 4 is 0 Å². The summed E-state index contributed by atoms with van der Waals surface area (Å²) in [5.41, 5.74) is 0. The largest absolute Gasteiger partial charge is 0.390 e. The molecule has 0 bridgehead atoms. The van der Waals surface area contributed by atoms with E-state index in [1.165, 1.54) is 7.11 Å². The predicted octanol–water partition coefficient (Wildman–Crippen LogP) is -0.510. The lowest BCUT2D eigenvalue weighted by molar-refractivity contribution is -0.232. The number of aliphatic hydroxyl groups excluding tert-OH is 2. The number of hydrogen-bond acceptors (Lipinski definition) is 4. The van der Waals surface area contributed by atoms with E-state index in [1.807, 2.05) is 0 Å². The van der Waals surface area contributed by atoms with E-state index in [0.29, 0.717) is 0 Å². The van der Waals surface area contributed by atoms with Crippen LogP contribution in [-0.2, 0) is 9.47 Å². The van der Waals surface area contributed by atoms with Crippen LogP contribution in [0.3, 0.4) is 0 Å². The number of hydrogen-bond donors (Lipinski definition) is 2. The third-order valence-electron chi connectivity index (χ3n) is 1.93. The minimum absolute atomic E-state index is 0.225. The minimum atomic E-state index is -0.855. The van der Waals surface area contributed by atoms with Gasteiger partial charge >= 0.3 is 0 Å². The third-order valence-corrected chi connectivity index (χ3v) is 1.93. The third kappa shape index (κ3) is 1.90. The first-order chi connectivity index (χ1) is 5.15. The van der Waals surface area contributed by atoms with Crippen molar-refractivity contribution in [2.75, 3.05) is 7.11 Å². The van der Waals surface area contributed by atoms with E-state index in [-0.39, 0.29) is 18.6 Å². The fourth-order valence-electron chi connectivity index (χ4n) is 1.38. The molecule has 4 atom stereocenters. The second-order valence-corrected chi connectivity index (χ2v) is 2.80. The van der Waals surface area contributed by atoms with Gasteiger partial charge in [0.2, 0.25) is 0 Å². The zero-order chi connectivity index (χ0) is 8.43. The first-order valence-electron chi connectivity index (χ1n) is 3.69. The Morgan fingerprint density at radius 1 is 1.45 bits per heavy atom. The number of ether oxygens (including phenoxy) is 2. The maximum atomic E-state index is 9.34. The highest BCUT2D eigenvalue weighted by Crippen LogP contribution is 2.20. The van der Waals surface area contributed by atoms with E-state index < -0.39 is 12.4 Å². The van der Waals surface area contributed by atoms with Gasteiger partial charge in [-0.3, -0.25) is 0 Å². The average molecular weight is 162 g/mol. The van der Waals surface area contributed by atoms with Crippen molar-refractivity contribution in [2.24, 2.45) is 0 Å². The Balaban J connectivity index is 2.52. The normalized spacial score (nSPS) is 45.8. The van der Waals surface area contributed by atoms with Gasteiger partial charge in [-0.25, -0.2) is 0 Å². The highest BCUT2D eigenvalue weighted by atomic mass is 16.6. The molecule has 4 nitrogen and oxygen atoms in total. The van der Waals surface area contributed by atoms with Gasteiger partial charge in [-0.2, -0.15) is 0 Å². The van der Waals surface area contributed by atoms with Gasteiger partial charge in [0.1, 0.15) is 6.10 Å². The van der Waals surface area contributed by atoms with Gasteiger partial charge in [0.05, 0.1) is 12.2 Å². The van der Waals surface area contributed by atoms with Gasteiger partial charge in [-0.1, -0.05) is 0 Å². The topological polar surface area (TPSA) is 58.9 Å². The number of methoxy groups -OCH3 is 1. The molecule has 11 heavy (non-hydrogen) atoms. The number of rotatable bonds is 1. The molecule has 1 aliphatic rings. The maximum Gasteiger partial charge on any atom is 0.157 e. The molecular formula is C7H14O4. The Morgan fingerprint density at radius 3 is 2.55 bits per heavy atom. The molecule has 0 saturated carbocycles. The van der Waals surface area contributed by atoms with Crippen LogP contribution < -0.4 is 0 Å². The highest BCUT2D eigenvalue weighted by molar-refractivity contribution is 4.80. The van der Waals surface area contributed by atoms with Gasteiger partial charge < -0.3 is 19.7 Å². The summed E-state index contributed by atoms with van der Waals surface area (Å²) in [4.78, 5) is 0. The molecule has 0 aromatic carbocycles. The van der Waals surface area contributed by atoms with Crippen molar-refractivity contribution < 1.29 is 19.7 Å². The van der Waals surface area contributed by atoms with Crippen LogP contribution in [0.1, 0.15) is 13.3 Å². The van der Waals surface area contributed by atoms with Gasteiger partial charge in [0.25, 0.3) is 0 Å². The molecule has 0 aromatic heterocycles. The smallest absolute Gasteiger partial charge is 0.157 e. The molecule has 1 fully saturated rings. The minimum Gasteiger partial charge on any atom is -0.390 e. The molecule has 0 radical (unpaired) electrons. The summed E-state index contributed by atoms with van der Waals surface area (Å²) in [5, 5.41) is 18.4. The lowest BCUT2D eigenvalue weighted by Gasteiger charge is -2.34. The van der Waals surface area contributed by atoms with Crippen LogP contribution in [0.15, 0.2) is 0 Å². The van der Waals surface area contributed by atoms with Crippen molar-refractivity contribution in [2.45, 2.75) is 37.9 Å². The molecule has 1 rings (SSSR count). The fraction of sp³-hybridized carbons (Fsp3) is 1.00. The molecule has 0 amide bonds. The van der Waals surface area contributed by atoms with Crippen LogP contribution in [0.4, 0.5) is 0 Å². The van der Waals surface area contributed by atoms with Crippen molar-refractivity contribution in [1.82, 2.24) is 0 Å². The van der Waals surface area contributed by atoms with Crippen LogP contribution in [0, 0.1) is 0 Å². The SMILES string of the molecule is CO[C@H]1[C@H](C)O[C@@H](O)C[C@@H]1O. The Hall–Kier alpha value is -0.160. The molecule has 1 aliphatic heterocycles. The Kier molecular flexibility index (Phi) is 2.84. The molecule has 0 spiro atoms. The first kappa shape index (κ1) is 8.93. The lowest BCUT2D eigenvalue weighted by atomic mass is 10.0. The summed E-state index contributed by atoms with van der Waals surface area (Å²) in [6, 6.07) is 0. The van der Waals surface area contributed by atoms with Crippen LogP contribution in [0.2, 0.25) is 0 Å². The van der Waals surface area contributed by atoms with E-state index in [4.69, 9.17) is 14.6 Å². The fourth-order valence-corrected chi connectivity index (χ4v) is 1.38. The van der Waals surface area contributed by atoms with E-state index in [2.05, 4.69) is 0 Å². The van der Waals surface area contributed by atoms with Gasteiger partial charge in [-0.15, -0.1) is 0 Å². The average Bonchev–Trinajstić information content (AvgIpc) is 1.85. The summed E-state index contributed by atoms with van der Waals surface area (Å²) >= 11 is 0. The van der Waals surface area contributed by atoms with Crippen molar-refractivity contribution in [3.63, 3.8) is 0 Å². The zero-order valence-corrected chi connectivity index (χ0v) is 6.73. The van der Waals surface area contributed by atoms with Gasteiger partial charge in [0, 0.05) is 13.5 Å². The van der Waals surface area contributed by atoms with Gasteiger partial charge in [-0.05, 0) is 6.92 Å².